The monoisotopic (exact) mass is 351 g/mol. The van der Waals surface area contributed by atoms with Crippen LogP contribution in [-0.4, -0.2) is 5.91 Å². The van der Waals surface area contributed by atoms with Crippen LogP contribution < -0.4 is 5.32 Å². The van der Waals surface area contributed by atoms with Crippen molar-refractivity contribution in [3.05, 3.63) is 40.4 Å². The van der Waals surface area contributed by atoms with Crippen molar-refractivity contribution in [3.63, 3.8) is 0 Å². The highest BCUT2D eigenvalue weighted by Crippen LogP contribution is 2.60. The van der Waals surface area contributed by atoms with E-state index in [9.17, 15) is 18.0 Å². The van der Waals surface area contributed by atoms with Crippen LogP contribution in [0, 0.1) is 17.3 Å². The van der Waals surface area contributed by atoms with Crippen molar-refractivity contribution in [1.82, 2.24) is 0 Å². The molecule has 2 rings (SSSR count). The molecule has 7 heteroatoms. The lowest BCUT2D eigenvalue weighted by molar-refractivity contribution is -0.137. The molecule has 0 aromatic heterocycles. The van der Waals surface area contributed by atoms with Crippen LogP contribution >= 0.6 is 23.2 Å². The van der Waals surface area contributed by atoms with Gasteiger partial charge in [0.15, 0.2) is 0 Å². The molecule has 1 aromatic rings. The van der Waals surface area contributed by atoms with Crippen LogP contribution in [0.2, 0.25) is 0 Å². The topological polar surface area (TPSA) is 29.1 Å². The first-order chi connectivity index (χ1) is 10.0. The van der Waals surface area contributed by atoms with Gasteiger partial charge in [0.25, 0.3) is 0 Å². The summed E-state index contributed by atoms with van der Waals surface area (Å²) in [6, 6.07) is 4.54. The molecule has 0 spiro atoms. The van der Waals surface area contributed by atoms with Gasteiger partial charge in [0.05, 0.1) is 11.5 Å². The fourth-order valence-corrected chi connectivity index (χ4v) is 2.89. The number of allylic oxidation sites excluding steroid dienone is 1. The minimum Gasteiger partial charge on any atom is -0.326 e. The van der Waals surface area contributed by atoms with Crippen molar-refractivity contribution in [2.75, 3.05) is 5.32 Å². The molecular formula is C15H14Cl2F3NO. The van der Waals surface area contributed by atoms with E-state index in [1.54, 1.807) is 6.08 Å². The maximum Gasteiger partial charge on any atom is 0.416 e. The van der Waals surface area contributed by atoms with Crippen LogP contribution in [0.3, 0.4) is 0 Å². The van der Waals surface area contributed by atoms with Crippen LogP contribution in [0.25, 0.3) is 0 Å². The molecule has 0 aliphatic heterocycles. The fourth-order valence-electron chi connectivity index (χ4n) is 2.62. The van der Waals surface area contributed by atoms with E-state index >= 15 is 0 Å². The highest BCUT2D eigenvalue weighted by atomic mass is 35.5. The second-order valence-electron chi connectivity index (χ2n) is 5.85. The van der Waals surface area contributed by atoms with Crippen LogP contribution in [0.4, 0.5) is 18.9 Å². The van der Waals surface area contributed by atoms with Crippen LogP contribution in [-0.2, 0) is 11.0 Å². The molecule has 120 valence electrons. The summed E-state index contributed by atoms with van der Waals surface area (Å²) in [6.07, 6.45) is -2.86. The normalized spacial score (nSPS) is 22.9. The predicted octanol–water partition coefficient (Wildman–Crippen LogP) is 5.24. The number of alkyl halides is 3. The summed E-state index contributed by atoms with van der Waals surface area (Å²) >= 11 is 11.2. The largest absolute Gasteiger partial charge is 0.416 e. The first-order valence-electron chi connectivity index (χ1n) is 6.54. The number of anilines is 1. The Labute approximate surface area is 136 Å². The number of hydrogen-bond acceptors (Lipinski definition) is 1. The zero-order chi connectivity index (χ0) is 16.7. The summed E-state index contributed by atoms with van der Waals surface area (Å²) in [5, 5.41) is 2.52. The third-order valence-electron chi connectivity index (χ3n) is 3.96. The molecule has 0 radical (unpaired) electrons. The van der Waals surface area contributed by atoms with Gasteiger partial charge in [-0.3, -0.25) is 4.79 Å². The Balaban J connectivity index is 2.12. The van der Waals surface area contributed by atoms with E-state index in [1.165, 1.54) is 12.1 Å². The Bertz CT molecular complexity index is 621. The van der Waals surface area contributed by atoms with Crippen molar-refractivity contribution in [2.24, 2.45) is 17.3 Å². The van der Waals surface area contributed by atoms with Crippen LogP contribution in [0.1, 0.15) is 19.4 Å². The van der Waals surface area contributed by atoms with Crippen molar-refractivity contribution in [1.29, 1.82) is 0 Å². The molecule has 0 unspecified atom stereocenters. The van der Waals surface area contributed by atoms with Gasteiger partial charge in [0, 0.05) is 5.69 Å². The summed E-state index contributed by atoms with van der Waals surface area (Å²) < 4.78 is 38.0. The molecule has 1 saturated carbocycles. The molecule has 0 heterocycles. The van der Waals surface area contributed by atoms with Crippen molar-refractivity contribution >= 4 is 34.8 Å². The molecule has 1 aromatic carbocycles. The molecular weight excluding hydrogens is 338 g/mol. The van der Waals surface area contributed by atoms with Gasteiger partial charge in [-0.1, -0.05) is 43.1 Å². The van der Waals surface area contributed by atoms with E-state index in [1.807, 2.05) is 13.8 Å². The smallest absolute Gasteiger partial charge is 0.326 e. The summed E-state index contributed by atoms with van der Waals surface area (Å²) in [6.45, 7) is 3.75. The molecule has 1 aliphatic carbocycles. The molecule has 0 saturated heterocycles. The Morgan fingerprint density at radius 3 is 2.50 bits per heavy atom. The number of carbonyl (C=O) groups is 1. The lowest BCUT2D eigenvalue weighted by Crippen LogP contribution is -2.17. The minimum absolute atomic E-state index is 0.0763. The number of halogens is 5. The number of carbonyl (C=O) groups excluding carboxylic acids is 1. The van der Waals surface area contributed by atoms with E-state index in [0.29, 0.717) is 0 Å². The minimum atomic E-state index is -4.45. The first kappa shape index (κ1) is 17.2. The molecule has 1 fully saturated rings. The summed E-state index contributed by atoms with van der Waals surface area (Å²) in [4.78, 5) is 12.2. The van der Waals surface area contributed by atoms with Crippen molar-refractivity contribution < 1.29 is 18.0 Å². The quantitative estimate of drug-likeness (QED) is 0.792. The SMILES string of the molecule is CC1(C)[C@H](C=C(Cl)Cl)[C@@H]1C(=O)Nc1cccc(C(F)(F)F)c1. The van der Waals surface area contributed by atoms with Gasteiger partial charge in [-0.25, -0.2) is 0 Å². The Morgan fingerprint density at radius 1 is 1.32 bits per heavy atom. The number of nitrogens with one attached hydrogen (secondary N) is 1. The number of amides is 1. The average Bonchev–Trinajstić information content (AvgIpc) is 2.89. The van der Waals surface area contributed by atoms with Gasteiger partial charge in [-0.2, -0.15) is 13.2 Å². The number of rotatable bonds is 3. The van der Waals surface area contributed by atoms with Gasteiger partial charge >= 0.3 is 6.18 Å². The number of benzene rings is 1. The lowest BCUT2D eigenvalue weighted by atomic mass is 10.1. The van der Waals surface area contributed by atoms with E-state index < -0.39 is 11.7 Å². The maximum absolute atomic E-state index is 12.7. The maximum atomic E-state index is 12.7. The Hall–Kier alpha value is -1.20. The second kappa shape index (κ2) is 5.78. The van der Waals surface area contributed by atoms with Gasteiger partial charge < -0.3 is 5.32 Å². The molecule has 22 heavy (non-hydrogen) atoms. The Morgan fingerprint density at radius 2 is 1.95 bits per heavy atom. The third-order valence-corrected chi connectivity index (χ3v) is 4.21. The van der Waals surface area contributed by atoms with Crippen LogP contribution in [0.5, 0.6) is 0 Å². The highest BCUT2D eigenvalue weighted by Gasteiger charge is 2.60. The van der Waals surface area contributed by atoms with Crippen molar-refractivity contribution in [2.45, 2.75) is 20.0 Å². The zero-order valence-corrected chi connectivity index (χ0v) is 13.4. The highest BCUT2D eigenvalue weighted by molar-refractivity contribution is 6.55. The molecule has 1 amide bonds. The second-order valence-corrected chi connectivity index (χ2v) is 6.86. The van der Waals surface area contributed by atoms with Gasteiger partial charge in [-0.05, 0) is 35.6 Å². The fraction of sp³-hybridized carbons (Fsp3) is 0.400. The van der Waals surface area contributed by atoms with Gasteiger partial charge in [0.2, 0.25) is 5.91 Å². The predicted molar refractivity (Wildman–Crippen MR) is 80.6 cm³/mol. The van der Waals surface area contributed by atoms with Gasteiger partial charge in [-0.15, -0.1) is 0 Å². The molecule has 2 atom stereocenters. The average molecular weight is 352 g/mol. The molecule has 2 nitrogen and oxygen atoms in total. The summed E-state index contributed by atoms with van der Waals surface area (Å²) in [5.41, 5.74) is -1.02. The lowest BCUT2D eigenvalue weighted by Gasteiger charge is -2.10. The molecule has 1 aliphatic rings. The standard InChI is InChI=1S/C15H14Cl2F3NO/c1-14(2)10(7-11(16)17)12(14)13(22)21-9-5-3-4-8(6-9)15(18,19)20/h3-7,10,12H,1-2H3,(H,21,22)/t10-,12-/m1/s1. The molecule has 0 bridgehead atoms. The number of hydrogen-bond donors (Lipinski definition) is 1. The van der Waals surface area contributed by atoms with E-state index in [2.05, 4.69) is 5.32 Å². The van der Waals surface area contributed by atoms with E-state index in [0.717, 1.165) is 12.1 Å². The summed E-state index contributed by atoms with van der Waals surface area (Å²) in [7, 11) is 0. The third kappa shape index (κ3) is 3.58. The van der Waals surface area contributed by atoms with Gasteiger partial charge in [0.1, 0.15) is 4.49 Å². The van der Waals surface area contributed by atoms with Crippen LogP contribution in [0.15, 0.2) is 34.8 Å². The van der Waals surface area contributed by atoms with E-state index in [-0.39, 0.29) is 33.3 Å². The Kier molecular flexibility index (Phi) is 4.51. The van der Waals surface area contributed by atoms with E-state index in [4.69, 9.17) is 23.2 Å². The zero-order valence-electron chi connectivity index (χ0n) is 11.8. The van der Waals surface area contributed by atoms with Crippen molar-refractivity contribution in [3.8, 4) is 0 Å². The summed E-state index contributed by atoms with van der Waals surface area (Å²) in [5.74, 6) is -0.863. The molecule has 1 N–H and O–H groups in total. The first-order valence-corrected chi connectivity index (χ1v) is 7.30.